The van der Waals surface area contributed by atoms with E-state index in [-0.39, 0.29) is 18.4 Å². The lowest BCUT2D eigenvalue weighted by atomic mass is 10.0. The number of hydrogen-bond acceptors (Lipinski definition) is 4. The van der Waals surface area contributed by atoms with E-state index in [1.54, 1.807) is 0 Å². The lowest BCUT2D eigenvalue weighted by Crippen LogP contribution is -2.30. The van der Waals surface area contributed by atoms with Gasteiger partial charge in [0.15, 0.2) is 6.61 Å². The van der Waals surface area contributed by atoms with Crippen molar-refractivity contribution in [2.45, 2.75) is 25.3 Å². The van der Waals surface area contributed by atoms with Crippen LogP contribution < -0.4 is 15.4 Å². The zero-order valence-corrected chi connectivity index (χ0v) is 19.4. The number of nitrogens with one attached hydrogen (secondary N) is 2. The highest BCUT2D eigenvalue weighted by atomic mass is 16.5. The standard InChI is InChI=1S/C29H27N3O3/c33-28(31-22-12-13-22)19-35-23-14-10-20(11-15-23)16-17-30-29(34)25-18-27(21-6-2-1-3-7-21)32-26-9-5-4-8-24(25)26/h1-11,14-15,18,22H,12-13,16-17,19H2,(H,30,34)(H,31,33). The van der Waals surface area contributed by atoms with Gasteiger partial charge < -0.3 is 15.4 Å². The zero-order chi connectivity index (χ0) is 24.0. The fourth-order valence-corrected chi connectivity index (χ4v) is 3.93. The van der Waals surface area contributed by atoms with Crippen molar-refractivity contribution in [3.63, 3.8) is 0 Å². The van der Waals surface area contributed by atoms with E-state index >= 15 is 0 Å². The number of rotatable bonds is 9. The van der Waals surface area contributed by atoms with Gasteiger partial charge in [0.2, 0.25) is 0 Å². The first-order chi connectivity index (χ1) is 17.2. The minimum absolute atomic E-state index is 0.0246. The molecule has 0 atom stereocenters. The van der Waals surface area contributed by atoms with E-state index in [0.29, 0.717) is 30.3 Å². The molecule has 1 heterocycles. The Morgan fingerprint density at radius 1 is 0.914 bits per heavy atom. The number of carbonyl (C=O) groups excluding carboxylic acids is 2. The summed E-state index contributed by atoms with van der Waals surface area (Å²) in [5.41, 5.74) is 4.23. The van der Waals surface area contributed by atoms with Crippen LogP contribution in [0.25, 0.3) is 22.2 Å². The second-order valence-corrected chi connectivity index (χ2v) is 8.72. The number of carbonyl (C=O) groups is 2. The van der Waals surface area contributed by atoms with Gasteiger partial charge in [0.1, 0.15) is 5.75 Å². The van der Waals surface area contributed by atoms with Gasteiger partial charge in [-0.05, 0) is 49.1 Å². The normalized spacial score (nSPS) is 12.8. The predicted molar refractivity (Wildman–Crippen MR) is 136 cm³/mol. The Bertz CT molecular complexity index is 1330. The molecule has 6 heteroatoms. The van der Waals surface area contributed by atoms with Crippen LogP contribution in [0, 0.1) is 0 Å². The highest BCUT2D eigenvalue weighted by Gasteiger charge is 2.23. The summed E-state index contributed by atoms with van der Waals surface area (Å²) in [5.74, 6) is 0.446. The molecule has 0 radical (unpaired) electrons. The number of hydrogen-bond donors (Lipinski definition) is 2. The monoisotopic (exact) mass is 465 g/mol. The maximum absolute atomic E-state index is 13.1. The van der Waals surface area contributed by atoms with Gasteiger partial charge in [0.05, 0.1) is 16.8 Å². The minimum Gasteiger partial charge on any atom is -0.484 e. The van der Waals surface area contributed by atoms with Crippen molar-refractivity contribution in [2.75, 3.05) is 13.2 Å². The van der Waals surface area contributed by atoms with Crippen LogP contribution in [-0.4, -0.2) is 36.0 Å². The van der Waals surface area contributed by atoms with Crippen LogP contribution >= 0.6 is 0 Å². The number of aromatic nitrogens is 1. The molecule has 4 aromatic rings. The van der Waals surface area contributed by atoms with E-state index in [9.17, 15) is 9.59 Å². The Hall–Kier alpha value is -4.19. The van der Waals surface area contributed by atoms with Gasteiger partial charge in [-0.1, -0.05) is 60.7 Å². The molecular weight excluding hydrogens is 438 g/mol. The fourth-order valence-electron chi connectivity index (χ4n) is 3.93. The molecule has 0 bridgehead atoms. The van der Waals surface area contributed by atoms with Gasteiger partial charge in [0.25, 0.3) is 11.8 Å². The average molecular weight is 466 g/mol. The molecule has 176 valence electrons. The molecule has 1 aromatic heterocycles. The number of fused-ring (bicyclic) bond motifs is 1. The minimum atomic E-state index is -0.123. The van der Waals surface area contributed by atoms with Gasteiger partial charge in [-0.15, -0.1) is 0 Å². The quantitative estimate of drug-likeness (QED) is 0.381. The van der Waals surface area contributed by atoms with Crippen molar-refractivity contribution in [3.05, 3.63) is 96.1 Å². The Morgan fingerprint density at radius 3 is 2.43 bits per heavy atom. The molecule has 1 aliphatic rings. The summed E-state index contributed by atoms with van der Waals surface area (Å²) in [6.07, 6.45) is 2.80. The molecule has 0 unspecified atom stereocenters. The van der Waals surface area contributed by atoms with Gasteiger partial charge in [-0.2, -0.15) is 0 Å². The summed E-state index contributed by atoms with van der Waals surface area (Å²) < 4.78 is 5.55. The first-order valence-electron chi connectivity index (χ1n) is 11.9. The smallest absolute Gasteiger partial charge is 0.258 e. The molecule has 2 amide bonds. The van der Waals surface area contributed by atoms with E-state index in [4.69, 9.17) is 9.72 Å². The lowest BCUT2D eigenvalue weighted by Gasteiger charge is -2.11. The van der Waals surface area contributed by atoms with Crippen LogP contribution in [0.5, 0.6) is 5.75 Å². The van der Waals surface area contributed by atoms with Gasteiger partial charge in [0, 0.05) is 23.5 Å². The third-order valence-electron chi connectivity index (χ3n) is 5.97. The fraction of sp³-hybridized carbons (Fsp3) is 0.207. The van der Waals surface area contributed by atoms with E-state index < -0.39 is 0 Å². The summed E-state index contributed by atoms with van der Waals surface area (Å²) in [6.45, 7) is 0.525. The molecule has 0 aliphatic heterocycles. The number of nitrogens with zero attached hydrogens (tertiary/aromatic N) is 1. The number of pyridine rings is 1. The van der Waals surface area contributed by atoms with Crippen molar-refractivity contribution in [2.24, 2.45) is 0 Å². The van der Waals surface area contributed by atoms with E-state index in [1.165, 1.54) is 0 Å². The van der Waals surface area contributed by atoms with Gasteiger partial charge >= 0.3 is 0 Å². The number of ether oxygens (including phenoxy) is 1. The van der Waals surface area contributed by atoms with Crippen LogP contribution in [0.2, 0.25) is 0 Å². The first-order valence-corrected chi connectivity index (χ1v) is 11.9. The molecule has 35 heavy (non-hydrogen) atoms. The second-order valence-electron chi connectivity index (χ2n) is 8.72. The SMILES string of the molecule is O=C(COc1ccc(CCNC(=O)c2cc(-c3ccccc3)nc3ccccc23)cc1)NC1CC1. The van der Waals surface area contributed by atoms with Crippen LogP contribution in [-0.2, 0) is 11.2 Å². The predicted octanol–water partition coefficient (Wildman–Crippen LogP) is 4.53. The molecule has 1 fully saturated rings. The highest BCUT2D eigenvalue weighted by molar-refractivity contribution is 6.07. The highest BCUT2D eigenvalue weighted by Crippen LogP contribution is 2.25. The third-order valence-corrected chi connectivity index (χ3v) is 5.97. The van der Waals surface area contributed by atoms with Crippen LogP contribution in [0.4, 0.5) is 0 Å². The van der Waals surface area contributed by atoms with Crippen LogP contribution in [0.1, 0.15) is 28.8 Å². The number of benzene rings is 3. The lowest BCUT2D eigenvalue weighted by molar-refractivity contribution is -0.123. The van der Waals surface area contributed by atoms with Crippen LogP contribution in [0.15, 0.2) is 84.9 Å². The molecule has 0 saturated heterocycles. The van der Waals surface area contributed by atoms with Crippen molar-refractivity contribution in [1.82, 2.24) is 15.6 Å². The summed E-state index contributed by atoms with van der Waals surface area (Å²) in [5, 5.41) is 6.78. The molecule has 1 saturated carbocycles. The Balaban J connectivity index is 1.20. The molecular formula is C29H27N3O3. The largest absolute Gasteiger partial charge is 0.484 e. The maximum atomic E-state index is 13.1. The Labute approximate surface area is 204 Å². The van der Waals surface area contributed by atoms with Crippen molar-refractivity contribution >= 4 is 22.7 Å². The topological polar surface area (TPSA) is 80.3 Å². The van der Waals surface area contributed by atoms with E-state index in [0.717, 1.165) is 40.6 Å². The number of para-hydroxylation sites is 1. The Kier molecular flexibility index (Phi) is 6.70. The number of amides is 2. The molecule has 5 rings (SSSR count). The van der Waals surface area contributed by atoms with Crippen molar-refractivity contribution in [1.29, 1.82) is 0 Å². The molecule has 1 aliphatic carbocycles. The van der Waals surface area contributed by atoms with Crippen LogP contribution in [0.3, 0.4) is 0 Å². The summed E-state index contributed by atoms with van der Waals surface area (Å²) in [4.78, 5) is 29.6. The summed E-state index contributed by atoms with van der Waals surface area (Å²) >= 11 is 0. The second kappa shape index (κ2) is 10.4. The van der Waals surface area contributed by atoms with Crippen molar-refractivity contribution in [3.8, 4) is 17.0 Å². The maximum Gasteiger partial charge on any atom is 0.258 e. The molecule has 3 aromatic carbocycles. The Morgan fingerprint density at radius 2 is 1.66 bits per heavy atom. The average Bonchev–Trinajstić information content (AvgIpc) is 3.72. The van der Waals surface area contributed by atoms with E-state index in [1.807, 2.05) is 84.9 Å². The third kappa shape index (κ3) is 5.84. The van der Waals surface area contributed by atoms with Gasteiger partial charge in [-0.25, -0.2) is 4.98 Å². The summed E-state index contributed by atoms with van der Waals surface area (Å²) in [6, 6.07) is 27.4. The van der Waals surface area contributed by atoms with Gasteiger partial charge in [-0.3, -0.25) is 9.59 Å². The first kappa shape index (κ1) is 22.6. The summed E-state index contributed by atoms with van der Waals surface area (Å²) in [7, 11) is 0. The van der Waals surface area contributed by atoms with E-state index in [2.05, 4.69) is 10.6 Å². The molecule has 6 nitrogen and oxygen atoms in total. The van der Waals surface area contributed by atoms with Crippen molar-refractivity contribution < 1.29 is 14.3 Å². The molecule has 0 spiro atoms. The zero-order valence-electron chi connectivity index (χ0n) is 19.4. The molecule has 2 N–H and O–H groups in total.